The van der Waals surface area contributed by atoms with Gasteiger partial charge >= 0.3 is 16.4 Å². The predicted octanol–water partition coefficient (Wildman–Crippen LogP) is -0.838. The molecule has 2 amide bonds. The molecule has 3 rings (SSSR count). The topological polar surface area (TPSA) is 163 Å². The number of amidine groups is 1. The quantitative estimate of drug-likeness (QED) is 0.292. The van der Waals surface area contributed by atoms with E-state index in [4.69, 9.17) is 10.3 Å². The fraction of sp³-hybridized carbons (Fsp3) is 0.857. The van der Waals surface area contributed by atoms with E-state index in [2.05, 4.69) is 13.6 Å². The summed E-state index contributed by atoms with van der Waals surface area (Å²) >= 11 is 0. The summed E-state index contributed by atoms with van der Waals surface area (Å²) in [6.45, 7) is 2.21. The molecule has 3 fully saturated rings. The average Bonchev–Trinajstić information content (AvgIpc) is 2.84. The van der Waals surface area contributed by atoms with E-state index in [1.165, 1.54) is 4.90 Å². The lowest BCUT2D eigenvalue weighted by Crippen LogP contribution is -2.48. The predicted molar refractivity (Wildman–Crippen MR) is 99.1 cm³/mol. The van der Waals surface area contributed by atoms with E-state index < -0.39 is 38.5 Å². The van der Waals surface area contributed by atoms with Crippen LogP contribution < -0.4 is 5.73 Å². The number of carbonyl (C=O) groups is 1. The van der Waals surface area contributed by atoms with E-state index >= 15 is 0 Å². The minimum Gasteiger partial charge on any atom is -0.385 e. The lowest BCUT2D eigenvalue weighted by Gasteiger charge is -2.29. The van der Waals surface area contributed by atoms with Crippen molar-refractivity contribution in [1.29, 1.82) is 0 Å². The Labute approximate surface area is 164 Å². The van der Waals surface area contributed by atoms with Crippen molar-refractivity contribution in [2.45, 2.75) is 44.2 Å². The zero-order valence-corrected chi connectivity index (χ0v) is 16.9. The van der Waals surface area contributed by atoms with Gasteiger partial charge in [-0.1, -0.05) is 6.42 Å². The van der Waals surface area contributed by atoms with Crippen molar-refractivity contribution in [3.63, 3.8) is 0 Å². The van der Waals surface area contributed by atoms with Gasteiger partial charge in [0.05, 0.1) is 17.8 Å². The number of amides is 2. The number of sulfonamides is 1. The summed E-state index contributed by atoms with van der Waals surface area (Å²) in [6.07, 6.45) is 3.88. The van der Waals surface area contributed by atoms with Gasteiger partial charge in [-0.05, 0) is 38.8 Å². The van der Waals surface area contributed by atoms with Crippen molar-refractivity contribution in [3.05, 3.63) is 0 Å². The summed E-state index contributed by atoms with van der Waals surface area (Å²) in [6, 6.07) is -2.16. The Morgan fingerprint density at radius 2 is 1.86 bits per heavy atom. The van der Waals surface area contributed by atoms with Gasteiger partial charge in [0.25, 0.3) is 10.0 Å². The van der Waals surface area contributed by atoms with Crippen molar-refractivity contribution in [3.8, 4) is 0 Å². The van der Waals surface area contributed by atoms with Crippen LogP contribution in [0.4, 0.5) is 4.79 Å². The molecular weight excluding hydrogens is 414 g/mol. The summed E-state index contributed by atoms with van der Waals surface area (Å²) < 4.78 is 63.3. The number of fused-ring (bicyclic) bond motifs is 2. The molecule has 3 aliphatic heterocycles. The van der Waals surface area contributed by atoms with Crippen molar-refractivity contribution in [1.82, 2.24) is 14.9 Å². The van der Waals surface area contributed by atoms with Crippen LogP contribution in [0.3, 0.4) is 0 Å². The molecule has 3 saturated heterocycles. The number of hydroxylamine groups is 2. The molecule has 2 bridgehead atoms. The third-order valence-electron chi connectivity index (χ3n) is 5.20. The molecule has 0 radical (unpaired) electrons. The first-order chi connectivity index (χ1) is 13.1. The third-order valence-corrected chi connectivity index (χ3v) is 6.73. The lowest BCUT2D eigenvalue weighted by atomic mass is 10.0. The van der Waals surface area contributed by atoms with Crippen LogP contribution in [0.1, 0.15) is 32.1 Å². The molecule has 3 aliphatic rings. The first kappa shape index (κ1) is 21.2. The second kappa shape index (κ2) is 8.10. The van der Waals surface area contributed by atoms with E-state index in [1.807, 2.05) is 0 Å². The molecule has 2 unspecified atom stereocenters. The van der Waals surface area contributed by atoms with Gasteiger partial charge < -0.3 is 15.5 Å². The van der Waals surface area contributed by atoms with Crippen LogP contribution in [0, 0.1) is 0 Å². The summed E-state index contributed by atoms with van der Waals surface area (Å²) in [4.78, 5) is 15.6. The minimum absolute atomic E-state index is 0.100. The second-order valence-corrected chi connectivity index (χ2v) is 9.97. The third kappa shape index (κ3) is 5.11. The largest absolute Gasteiger partial charge is 0.418 e. The average molecular weight is 440 g/mol. The Hall–Kier alpha value is -1.48. The Morgan fingerprint density at radius 1 is 1.18 bits per heavy atom. The number of carbonyl (C=O) groups excluding carboxylic acids is 1. The highest BCUT2D eigenvalue weighted by Gasteiger charge is 2.48. The van der Waals surface area contributed by atoms with Crippen molar-refractivity contribution >= 4 is 32.3 Å². The van der Waals surface area contributed by atoms with E-state index in [9.17, 15) is 21.6 Å². The van der Waals surface area contributed by atoms with Gasteiger partial charge in [0, 0.05) is 13.1 Å². The highest BCUT2D eigenvalue weighted by Crippen LogP contribution is 2.30. The number of rotatable bonds is 7. The molecule has 14 heteroatoms. The van der Waals surface area contributed by atoms with Crippen LogP contribution in [-0.2, 0) is 24.7 Å². The number of nitrogens with two attached hydrogens (primary N) is 1. The Kier molecular flexibility index (Phi) is 6.14. The molecule has 0 aromatic rings. The van der Waals surface area contributed by atoms with Crippen LogP contribution in [0.2, 0.25) is 0 Å². The molecule has 3 heterocycles. The standard InChI is InChI=1S/C14H25N5O7S2/c15-13(16-27(21,22)9-8-17-6-2-1-3-7-17)12-5-4-11-10-18(12)14(20)19(11)26-28(23,24)25/h11-12H,1-10H2,(H2,15,16)(H,23,24,25). The van der Waals surface area contributed by atoms with Gasteiger partial charge in [0.1, 0.15) is 5.84 Å². The maximum absolute atomic E-state index is 12.4. The van der Waals surface area contributed by atoms with Crippen molar-refractivity contribution in [2.75, 3.05) is 31.9 Å². The summed E-state index contributed by atoms with van der Waals surface area (Å²) in [7, 11) is -8.65. The molecule has 12 nitrogen and oxygen atoms in total. The smallest absolute Gasteiger partial charge is 0.385 e. The summed E-state index contributed by atoms with van der Waals surface area (Å²) in [5.41, 5.74) is 5.90. The monoisotopic (exact) mass is 439 g/mol. The SMILES string of the molecule is NC(=NS(=O)(=O)CCN1CCCCC1)C1CCC2CN1C(=O)N2OS(=O)(=O)O. The molecule has 160 valence electrons. The first-order valence-electron chi connectivity index (χ1n) is 9.13. The van der Waals surface area contributed by atoms with E-state index in [-0.39, 0.29) is 18.1 Å². The number of hydrogen-bond acceptors (Lipinski definition) is 7. The van der Waals surface area contributed by atoms with Gasteiger partial charge in [-0.15, -0.1) is 8.68 Å². The molecule has 28 heavy (non-hydrogen) atoms. The van der Waals surface area contributed by atoms with Crippen LogP contribution >= 0.6 is 0 Å². The zero-order chi connectivity index (χ0) is 20.5. The van der Waals surface area contributed by atoms with Gasteiger partial charge in [-0.2, -0.15) is 13.5 Å². The molecule has 0 aliphatic carbocycles. The summed E-state index contributed by atoms with van der Waals surface area (Å²) in [5.74, 6) is -0.367. The number of hydrogen-bond donors (Lipinski definition) is 2. The fourth-order valence-corrected chi connectivity index (χ4v) is 5.25. The van der Waals surface area contributed by atoms with Crippen molar-refractivity contribution in [2.24, 2.45) is 10.1 Å². The molecule has 0 spiro atoms. The molecule has 3 N–H and O–H groups in total. The van der Waals surface area contributed by atoms with Gasteiger partial charge in [0.2, 0.25) is 0 Å². The van der Waals surface area contributed by atoms with Crippen molar-refractivity contribution < 1.29 is 30.5 Å². The van der Waals surface area contributed by atoms with Crippen LogP contribution in [0.25, 0.3) is 0 Å². The van der Waals surface area contributed by atoms with Gasteiger partial charge in [-0.3, -0.25) is 4.55 Å². The normalized spacial score (nSPS) is 27.5. The number of nitrogens with zero attached hydrogens (tertiary/aromatic N) is 4. The Morgan fingerprint density at radius 3 is 2.50 bits per heavy atom. The second-order valence-electron chi connectivity index (χ2n) is 7.21. The van der Waals surface area contributed by atoms with Gasteiger partial charge in [0.15, 0.2) is 0 Å². The lowest BCUT2D eigenvalue weighted by molar-refractivity contribution is -0.0316. The maximum atomic E-state index is 12.4. The van der Waals surface area contributed by atoms with Crippen LogP contribution in [0.15, 0.2) is 4.40 Å². The molecule has 0 aromatic carbocycles. The highest BCUT2D eigenvalue weighted by atomic mass is 32.3. The van der Waals surface area contributed by atoms with E-state index in [0.717, 1.165) is 32.4 Å². The molecule has 0 aromatic heterocycles. The summed E-state index contributed by atoms with van der Waals surface area (Å²) in [5, 5.41) is 0.577. The number of urea groups is 1. The Bertz CT molecular complexity index is 838. The molecule has 2 atom stereocenters. The minimum atomic E-state index is -4.85. The van der Waals surface area contributed by atoms with E-state index in [1.54, 1.807) is 0 Å². The van der Waals surface area contributed by atoms with Crippen LogP contribution in [-0.4, -0.2) is 92.1 Å². The van der Waals surface area contributed by atoms with E-state index in [0.29, 0.717) is 24.4 Å². The Balaban J connectivity index is 1.65. The number of piperidine rings is 2. The highest BCUT2D eigenvalue weighted by molar-refractivity contribution is 7.90. The number of likely N-dealkylation sites (tertiary alicyclic amines) is 1. The fourth-order valence-electron chi connectivity index (χ4n) is 3.83. The first-order valence-corrected chi connectivity index (χ1v) is 12.1. The van der Waals surface area contributed by atoms with Crippen LogP contribution in [0.5, 0.6) is 0 Å². The molecular formula is C14H25N5O7S2. The maximum Gasteiger partial charge on any atom is 0.418 e. The zero-order valence-electron chi connectivity index (χ0n) is 15.3. The molecule has 0 saturated carbocycles. The van der Waals surface area contributed by atoms with Gasteiger partial charge in [-0.25, -0.2) is 13.2 Å².